The highest BCUT2D eigenvalue weighted by atomic mass is 127. The lowest BCUT2D eigenvalue weighted by molar-refractivity contribution is 0.0599. The highest BCUT2D eigenvalue weighted by Crippen LogP contribution is 2.15. The second-order valence-corrected chi connectivity index (χ2v) is 5.54. The van der Waals surface area contributed by atoms with E-state index < -0.39 is 5.97 Å². The molecule has 2 N–H and O–H groups in total. The maximum Gasteiger partial charge on any atom is 0.341 e. The first-order valence-corrected chi connectivity index (χ1v) is 7.81. The summed E-state index contributed by atoms with van der Waals surface area (Å²) in [6.45, 7) is 4.30. The fourth-order valence-electron chi connectivity index (χ4n) is 2.34. The van der Waals surface area contributed by atoms with Crippen LogP contribution in [0.4, 0.5) is 4.39 Å². The third-order valence-electron chi connectivity index (χ3n) is 3.71. The predicted octanol–water partition coefficient (Wildman–Crippen LogP) is 3.31. The fourth-order valence-corrected chi connectivity index (χ4v) is 2.34. The Balaban J connectivity index is 0.00000338. The van der Waals surface area contributed by atoms with Crippen molar-refractivity contribution in [2.24, 2.45) is 4.99 Å². The summed E-state index contributed by atoms with van der Waals surface area (Å²) in [5.74, 6) is 1.02. The molecule has 8 heteroatoms. The van der Waals surface area contributed by atoms with Crippen molar-refractivity contribution in [2.45, 2.75) is 26.9 Å². The van der Waals surface area contributed by atoms with Crippen LogP contribution < -0.4 is 10.6 Å². The van der Waals surface area contributed by atoms with Crippen LogP contribution in [0.1, 0.15) is 33.0 Å². The molecule has 1 aromatic carbocycles. The number of nitrogens with zero attached hydrogens (tertiary/aromatic N) is 1. The molecule has 0 aliphatic rings. The number of hydrogen-bond acceptors (Lipinski definition) is 4. The molecule has 0 aliphatic carbocycles. The average Bonchev–Trinajstić information content (AvgIpc) is 2.98. The van der Waals surface area contributed by atoms with Crippen molar-refractivity contribution in [2.75, 3.05) is 14.2 Å². The van der Waals surface area contributed by atoms with Crippen LogP contribution in [0.3, 0.4) is 0 Å². The van der Waals surface area contributed by atoms with Crippen LogP contribution in [0.2, 0.25) is 0 Å². The van der Waals surface area contributed by atoms with Crippen molar-refractivity contribution in [1.29, 1.82) is 0 Å². The minimum atomic E-state index is -0.429. The van der Waals surface area contributed by atoms with E-state index in [2.05, 4.69) is 15.6 Å². The zero-order valence-electron chi connectivity index (χ0n) is 15.2. The highest BCUT2D eigenvalue weighted by Gasteiger charge is 2.15. The predicted molar refractivity (Wildman–Crippen MR) is 108 cm³/mol. The van der Waals surface area contributed by atoms with Gasteiger partial charge < -0.3 is 19.8 Å². The Morgan fingerprint density at radius 1 is 1.23 bits per heavy atom. The molecule has 2 rings (SSSR count). The van der Waals surface area contributed by atoms with Crippen LogP contribution in [0.15, 0.2) is 33.7 Å². The van der Waals surface area contributed by atoms with Gasteiger partial charge in [-0.3, -0.25) is 4.99 Å². The van der Waals surface area contributed by atoms with E-state index >= 15 is 0 Å². The van der Waals surface area contributed by atoms with Crippen molar-refractivity contribution in [3.63, 3.8) is 0 Å². The number of esters is 1. The smallest absolute Gasteiger partial charge is 0.341 e. The first kappa shape index (κ1) is 21.9. The van der Waals surface area contributed by atoms with Crippen LogP contribution >= 0.6 is 24.0 Å². The fraction of sp³-hybridized carbons (Fsp3) is 0.333. The maximum atomic E-state index is 13.3. The topological polar surface area (TPSA) is 75.9 Å². The first-order chi connectivity index (χ1) is 11.9. The molecule has 0 aliphatic heterocycles. The molecule has 0 amide bonds. The van der Waals surface area contributed by atoms with Gasteiger partial charge in [-0.15, -0.1) is 24.0 Å². The van der Waals surface area contributed by atoms with E-state index in [-0.39, 0.29) is 29.8 Å². The van der Waals surface area contributed by atoms with E-state index in [1.54, 1.807) is 39.1 Å². The van der Waals surface area contributed by atoms with Gasteiger partial charge in [0.1, 0.15) is 22.9 Å². The van der Waals surface area contributed by atoms with Crippen molar-refractivity contribution >= 4 is 35.9 Å². The number of furan rings is 1. The molecule has 6 nitrogen and oxygen atoms in total. The van der Waals surface area contributed by atoms with Crippen molar-refractivity contribution in [3.8, 4) is 0 Å². The summed E-state index contributed by atoms with van der Waals surface area (Å²) in [5.41, 5.74) is 1.95. The Labute approximate surface area is 169 Å². The monoisotopic (exact) mass is 475 g/mol. The molecule has 0 spiro atoms. The molecule has 0 radical (unpaired) electrons. The Hall–Kier alpha value is -2.10. The number of benzene rings is 1. The lowest BCUT2D eigenvalue weighted by Gasteiger charge is -2.11. The number of hydrogen-bond donors (Lipinski definition) is 2. The SMILES string of the molecule is CN=C(NCc1ccc(F)c(C)c1)NCc1cc(C(=O)OC)c(C)o1.I. The summed E-state index contributed by atoms with van der Waals surface area (Å²) < 4.78 is 23.5. The minimum Gasteiger partial charge on any atom is -0.465 e. The minimum absolute atomic E-state index is 0. The van der Waals surface area contributed by atoms with Gasteiger partial charge in [-0.1, -0.05) is 12.1 Å². The highest BCUT2D eigenvalue weighted by molar-refractivity contribution is 14.0. The van der Waals surface area contributed by atoms with Crippen LogP contribution in [0.5, 0.6) is 0 Å². The molecule has 0 atom stereocenters. The number of nitrogens with one attached hydrogen (secondary N) is 2. The Kier molecular flexibility index (Phi) is 8.56. The largest absolute Gasteiger partial charge is 0.465 e. The summed E-state index contributed by atoms with van der Waals surface area (Å²) in [4.78, 5) is 15.7. The molecular weight excluding hydrogens is 452 g/mol. The number of rotatable bonds is 5. The third-order valence-corrected chi connectivity index (χ3v) is 3.71. The molecule has 142 valence electrons. The molecule has 0 saturated heterocycles. The number of carbonyl (C=O) groups is 1. The summed E-state index contributed by atoms with van der Waals surface area (Å²) in [5, 5.41) is 6.24. The zero-order valence-corrected chi connectivity index (χ0v) is 17.5. The van der Waals surface area contributed by atoms with E-state index in [4.69, 9.17) is 9.15 Å². The summed E-state index contributed by atoms with van der Waals surface area (Å²) in [6.07, 6.45) is 0. The van der Waals surface area contributed by atoms with Gasteiger partial charge in [0.2, 0.25) is 0 Å². The molecule has 2 aromatic rings. The lowest BCUT2D eigenvalue weighted by Crippen LogP contribution is -2.36. The van der Waals surface area contributed by atoms with Gasteiger partial charge in [0.05, 0.1) is 13.7 Å². The second-order valence-electron chi connectivity index (χ2n) is 5.54. The van der Waals surface area contributed by atoms with Crippen molar-refractivity contribution in [1.82, 2.24) is 10.6 Å². The summed E-state index contributed by atoms with van der Waals surface area (Å²) in [6, 6.07) is 6.60. The van der Waals surface area contributed by atoms with E-state index in [0.29, 0.717) is 41.7 Å². The van der Waals surface area contributed by atoms with Gasteiger partial charge in [0.25, 0.3) is 0 Å². The van der Waals surface area contributed by atoms with Gasteiger partial charge in [0.15, 0.2) is 5.96 Å². The van der Waals surface area contributed by atoms with Gasteiger partial charge in [0, 0.05) is 13.6 Å². The second kappa shape index (κ2) is 10.1. The molecule has 26 heavy (non-hydrogen) atoms. The van der Waals surface area contributed by atoms with E-state index in [1.807, 2.05) is 0 Å². The maximum absolute atomic E-state index is 13.3. The first-order valence-electron chi connectivity index (χ1n) is 7.81. The van der Waals surface area contributed by atoms with Crippen LogP contribution in [-0.4, -0.2) is 26.1 Å². The van der Waals surface area contributed by atoms with Crippen LogP contribution in [0, 0.1) is 19.7 Å². The Bertz CT molecular complexity index is 790. The number of guanidine groups is 1. The van der Waals surface area contributed by atoms with Gasteiger partial charge in [-0.05, 0) is 37.1 Å². The van der Waals surface area contributed by atoms with E-state index in [0.717, 1.165) is 5.56 Å². The lowest BCUT2D eigenvalue weighted by atomic mass is 10.1. The van der Waals surface area contributed by atoms with E-state index in [1.165, 1.54) is 13.2 Å². The quantitative estimate of drug-likeness (QED) is 0.301. The average molecular weight is 475 g/mol. The van der Waals surface area contributed by atoms with Crippen LogP contribution in [-0.2, 0) is 17.8 Å². The van der Waals surface area contributed by atoms with Crippen molar-refractivity contribution in [3.05, 3.63) is 58.3 Å². The zero-order chi connectivity index (χ0) is 18.4. The number of carbonyl (C=O) groups excluding carboxylic acids is 1. The van der Waals surface area contributed by atoms with Crippen LogP contribution in [0.25, 0.3) is 0 Å². The Morgan fingerprint density at radius 2 is 1.92 bits per heavy atom. The molecule has 0 bridgehead atoms. The number of methoxy groups -OCH3 is 1. The molecule has 1 heterocycles. The number of aryl methyl sites for hydroxylation is 2. The van der Waals surface area contributed by atoms with Gasteiger partial charge in [-0.2, -0.15) is 0 Å². The number of aliphatic imine (C=N–C) groups is 1. The van der Waals surface area contributed by atoms with E-state index in [9.17, 15) is 9.18 Å². The van der Waals surface area contributed by atoms with Gasteiger partial charge in [-0.25, -0.2) is 9.18 Å². The molecule has 0 unspecified atom stereocenters. The molecule has 0 saturated carbocycles. The molecule has 1 aromatic heterocycles. The van der Waals surface area contributed by atoms with Gasteiger partial charge >= 0.3 is 5.97 Å². The third kappa shape index (κ3) is 5.72. The Morgan fingerprint density at radius 3 is 2.54 bits per heavy atom. The standard InChI is InChI=1S/C18H22FN3O3.HI/c1-11-7-13(5-6-16(11)19)9-21-18(20-3)22-10-14-8-15(12(2)25-14)17(23)24-4;/h5-8H,9-10H2,1-4H3,(H2,20,21,22);1H. The van der Waals surface area contributed by atoms with Crippen molar-refractivity contribution < 1.29 is 18.3 Å². The number of halogens is 2. The normalized spacial score (nSPS) is 10.9. The summed E-state index contributed by atoms with van der Waals surface area (Å²) >= 11 is 0. The summed E-state index contributed by atoms with van der Waals surface area (Å²) in [7, 11) is 2.98. The molecule has 0 fully saturated rings. The molecular formula is C18H23FIN3O3. The number of ether oxygens (including phenoxy) is 1.